The van der Waals surface area contributed by atoms with Crippen LogP contribution in [0.2, 0.25) is 0 Å². The molecule has 25 heavy (non-hydrogen) atoms. The van der Waals surface area contributed by atoms with E-state index in [1.165, 1.54) is 0 Å². The Kier molecular flexibility index (Phi) is 4.70. The molecule has 3 rings (SSSR count). The molecule has 0 spiro atoms. The SMILES string of the molecule is Cc1ccc(C(=O)NC(CC(C)C)c2nc3ccccc3[nH]2)c(=O)[nH]1. The van der Waals surface area contributed by atoms with Crippen LogP contribution in [0.1, 0.15) is 48.2 Å². The van der Waals surface area contributed by atoms with Crippen LogP contribution in [0.5, 0.6) is 0 Å². The van der Waals surface area contributed by atoms with Crippen LogP contribution >= 0.6 is 0 Å². The highest BCUT2D eigenvalue weighted by Crippen LogP contribution is 2.22. The van der Waals surface area contributed by atoms with Gasteiger partial charge in [-0.3, -0.25) is 9.59 Å². The molecule has 0 saturated heterocycles. The molecule has 130 valence electrons. The third-order valence-corrected chi connectivity index (χ3v) is 4.05. The maximum absolute atomic E-state index is 12.6. The number of nitrogens with one attached hydrogen (secondary N) is 3. The Balaban J connectivity index is 1.90. The Hall–Kier alpha value is -2.89. The van der Waals surface area contributed by atoms with Crippen molar-refractivity contribution in [2.45, 2.75) is 33.2 Å². The summed E-state index contributed by atoms with van der Waals surface area (Å²) in [5.74, 6) is 0.661. The summed E-state index contributed by atoms with van der Waals surface area (Å²) >= 11 is 0. The smallest absolute Gasteiger partial charge is 0.260 e. The molecule has 0 saturated carbocycles. The molecule has 1 atom stereocenters. The van der Waals surface area contributed by atoms with Gasteiger partial charge in [-0.2, -0.15) is 0 Å². The van der Waals surface area contributed by atoms with Gasteiger partial charge in [0.25, 0.3) is 11.5 Å². The van der Waals surface area contributed by atoms with Gasteiger partial charge >= 0.3 is 0 Å². The Morgan fingerprint density at radius 2 is 1.92 bits per heavy atom. The molecule has 0 bridgehead atoms. The summed E-state index contributed by atoms with van der Waals surface area (Å²) in [6.45, 7) is 5.94. The second-order valence-electron chi connectivity index (χ2n) is 6.68. The normalized spacial score (nSPS) is 12.5. The first kappa shape index (κ1) is 17.0. The summed E-state index contributed by atoms with van der Waals surface area (Å²) in [6, 6.07) is 10.7. The number of benzene rings is 1. The molecule has 1 aromatic carbocycles. The lowest BCUT2D eigenvalue weighted by molar-refractivity contribution is 0.0928. The first-order valence-electron chi connectivity index (χ1n) is 8.39. The van der Waals surface area contributed by atoms with Gasteiger partial charge in [-0.25, -0.2) is 4.98 Å². The molecule has 2 heterocycles. The number of rotatable bonds is 5. The van der Waals surface area contributed by atoms with E-state index in [-0.39, 0.29) is 17.2 Å². The lowest BCUT2D eigenvalue weighted by atomic mass is 10.0. The van der Waals surface area contributed by atoms with Crippen molar-refractivity contribution in [2.24, 2.45) is 5.92 Å². The van der Waals surface area contributed by atoms with Crippen LogP contribution in [0, 0.1) is 12.8 Å². The monoisotopic (exact) mass is 338 g/mol. The largest absolute Gasteiger partial charge is 0.342 e. The number of carbonyl (C=O) groups is 1. The zero-order chi connectivity index (χ0) is 18.0. The van der Waals surface area contributed by atoms with Crippen LogP contribution in [0.25, 0.3) is 11.0 Å². The fraction of sp³-hybridized carbons (Fsp3) is 0.316. The zero-order valence-electron chi connectivity index (χ0n) is 14.6. The van der Waals surface area contributed by atoms with Crippen LogP contribution in [-0.2, 0) is 0 Å². The van der Waals surface area contributed by atoms with Crippen LogP contribution in [0.3, 0.4) is 0 Å². The molecule has 0 aliphatic carbocycles. The highest BCUT2D eigenvalue weighted by Gasteiger charge is 2.21. The summed E-state index contributed by atoms with van der Waals surface area (Å²) < 4.78 is 0. The van der Waals surface area contributed by atoms with Crippen molar-refractivity contribution in [3.05, 3.63) is 63.8 Å². The van der Waals surface area contributed by atoms with Crippen molar-refractivity contribution in [3.8, 4) is 0 Å². The molecule has 0 aliphatic rings. The van der Waals surface area contributed by atoms with Gasteiger partial charge in [0.15, 0.2) is 0 Å². The van der Waals surface area contributed by atoms with Gasteiger partial charge in [-0.15, -0.1) is 0 Å². The van der Waals surface area contributed by atoms with Crippen molar-refractivity contribution < 1.29 is 4.79 Å². The van der Waals surface area contributed by atoms with Gasteiger partial charge in [-0.05, 0) is 43.5 Å². The van der Waals surface area contributed by atoms with Crippen molar-refractivity contribution in [3.63, 3.8) is 0 Å². The molecule has 6 heteroatoms. The average molecular weight is 338 g/mol. The van der Waals surface area contributed by atoms with Gasteiger partial charge in [0.05, 0.1) is 17.1 Å². The predicted octanol–water partition coefficient (Wildman–Crippen LogP) is 3.08. The fourth-order valence-electron chi connectivity index (χ4n) is 2.83. The van der Waals surface area contributed by atoms with Crippen LogP contribution in [-0.4, -0.2) is 20.9 Å². The number of carbonyl (C=O) groups excluding carboxylic acids is 1. The number of aromatic amines is 2. The number of amides is 1. The molecular weight excluding hydrogens is 316 g/mol. The number of hydrogen-bond donors (Lipinski definition) is 3. The quantitative estimate of drug-likeness (QED) is 0.668. The third kappa shape index (κ3) is 3.79. The van der Waals surface area contributed by atoms with E-state index >= 15 is 0 Å². The topological polar surface area (TPSA) is 90.6 Å². The van der Waals surface area contributed by atoms with Crippen molar-refractivity contribution in [1.82, 2.24) is 20.3 Å². The number of pyridine rings is 1. The fourth-order valence-corrected chi connectivity index (χ4v) is 2.83. The van der Waals surface area contributed by atoms with Crippen molar-refractivity contribution in [2.75, 3.05) is 0 Å². The Bertz CT molecular complexity index is 922. The van der Waals surface area contributed by atoms with Gasteiger partial charge in [-0.1, -0.05) is 26.0 Å². The summed E-state index contributed by atoms with van der Waals surface area (Å²) in [4.78, 5) is 35.1. The number of H-pyrrole nitrogens is 2. The van der Waals surface area contributed by atoms with E-state index in [0.29, 0.717) is 11.7 Å². The Labute approximate surface area is 145 Å². The van der Waals surface area contributed by atoms with E-state index in [1.54, 1.807) is 19.1 Å². The molecule has 0 radical (unpaired) electrons. The van der Waals surface area contributed by atoms with E-state index in [1.807, 2.05) is 24.3 Å². The minimum absolute atomic E-state index is 0.107. The van der Waals surface area contributed by atoms with Crippen LogP contribution in [0.4, 0.5) is 0 Å². The lowest BCUT2D eigenvalue weighted by Gasteiger charge is -2.18. The van der Waals surface area contributed by atoms with Gasteiger partial charge in [0.1, 0.15) is 11.4 Å². The van der Waals surface area contributed by atoms with E-state index in [9.17, 15) is 9.59 Å². The van der Waals surface area contributed by atoms with Crippen LogP contribution in [0.15, 0.2) is 41.2 Å². The number of fused-ring (bicyclic) bond motifs is 1. The lowest BCUT2D eigenvalue weighted by Crippen LogP contribution is -2.34. The summed E-state index contributed by atoms with van der Waals surface area (Å²) in [5.41, 5.74) is 2.22. The second kappa shape index (κ2) is 6.93. The summed E-state index contributed by atoms with van der Waals surface area (Å²) in [7, 11) is 0. The van der Waals surface area contributed by atoms with Crippen LogP contribution < -0.4 is 10.9 Å². The highest BCUT2D eigenvalue weighted by molar-refractivity contribution is 5.94. The first-order chi connectivity index (χ1) is 11.9. The van der Waals surface area contributed by atoms with Crippen molar-refractivity contribution in [1.29, 1.82) is 0 Å². The summed E-state index contributed by atoms with van der Waals surface area (Å²) in [5, 5.41) is 2.95. The highest BCUT2D eigenvalue weighted by atomic mass is 16.2. The Morgan fingerprint density at radius 3 is 2.60 bits per heavy atom. The van der Waals surface area contributed by atoms with E-state index in [2.05, 4.69) is 34.1 Å². The zero-order valence-corrected chi connectivity index (χ0v) is 14.6. The number of aromatic nitrogens is 3. The van der Waals surface area contributed by atoms with E-state index < -0.39 is 5.91 Å². The van der Waals surface area contributed by atoms with Gasteiger partial charge in [0.2, 0.25) is 0 Å². The van der Waals surface area contributed by atoms with E-state index in [0.717, 1.165) is 23.1 Å². The minimum atomic E-state index is -0.396. The predicted molar refractivity (Wildman–Crippen MR) is 97.6 cm³/mol. The third-order valence-electron chi connectivity index (χ3n) is 4.05. The molecule has 1 amide bonds. The minimum Gasteiger partial charge on any atom is -0.342 e. The summed E-state index contributed by atoms with van der Waals surface area (Å²) in [6.07, 6.45) is 0.718. The second-order valence-corrected chi connectivity index (χ2v) is 6.68. The maximum atomic E-state index is 12.6. The molecule has 0 fully saturated rings. The van der Waals surface area contributed by atoms with Crippen molar-refractivity contribution >= 4 is 16.9 Å². The number of imidazole rings is 1. The molecule has 0 aliphatic heterocycles. The number of para-hydroxylation sites is 2. The van der Waals surface area contributed by atoms with Gasteiger partial charge in [0, 0.05) is 5.69 Å². The Morgan fingerprint density at radius 1 is 1.16 bits per heavy atom. The first-order valence-corrected chi connectivity index (χ1v) is 8.39. The molecule has 3 N–H and O–H groups in total. The molecule has 6 nitrogen and oxygen atoms in total. The van der Waals surface area contributed by atoms with E-state index in [4.69, 9.17) is 0 Å². The average Bonchev–Trinajstić information content (AvgIpc) is 2.97. The molecule has 3 aromatic rings. The molecule has 2 aromatic heterocycles. The molecule has 1 unspecified atom stereocenters. The van der Waals surface area contributed by atoms with Gasteiger partial charge < -0.3 is 15.3 Å². The number of hydrogen-bond acceptors (Lipinski definition) is 3. The number of nitrogens with zero attached hydrogens (tertiary/aromatic N) is 1. The number of aryl methyl sites for hydroxylation is 1. The standard InChI is InChI=1S/C19H22N4O2/c1-11(2)10-16(17-21-14-6-4-5-7-15(14)22-17)23-19(25)13-9-8-12(3)20-18(13)24/h4-9,11,16H,10H2,1-3H3,(H,20,24)(H,21,22)(H,23,25). The maximum Gasteiger partial charge on any atom is 0.260 e. The molecular formula is C19H22N4O2.